The quantitative estimate of drug-likeness (QED) is 0.310. The van der Waals surface area contributed by atoms with E-state index >= 15 is 0 Å². The lowest BCUT2D eigenvalue weighted by Crippen LogP contribution is -2.53. The third-order valence-electron chi connectivity index (χ3n) is 8.23. The number of methoxy groups -OCH3 is 2. The van der Waals surface area contributed by atoms with Crippen LogP contribution in [0.3, 0.4) is 0 Å². The highest BCUT2D eigenvalue weighted by atomic mass is 32.1. The average molecular weight is 510 g/mol. The van der Waals surface area contributed by atoms with Gasteiger partial charge >= 0.3 is 0 Å². The van der Waals surface area contributed by atoms with Crippen LogP contribution in [-0.4, -0.2) is 55.9 Å². The SMILES string of the molecule is CCCCNC(=S)N[C@@H]1CC[C@@]2(c3ccc(OC)c(OC)c3)CCN(CCCc3ccccc3)[C@H]2C1. The summed E-state index contributed by atoms with van der Waals surface area (Å²) in [5, 5.41) is 7.86. The van der Waals surface area contributed by atoms with Crippen LogP contribution >= 0.6 is 12.2 Å². The van der Waals surface area contributed by atoms with E-state index in [2.05, 4.69) is 71.0 Å². The molecule has 196 valence electrons. The summed E-state index contributed by atoms with van der Waals surface area (Å²) < 4.78 is 11.2. The van der Waals surface area contributed by atoms with E-state index < -0.39 is 0 Å². The highest BCUT2D eigenvalue weighted by Gasteiger charge is 2.51. The van der Waals surface area contributed by atoms with Crippen LogP contribution in [0.4, 0.5) is 0 Å². The molecule has 4 rings (SSSR count). The first-order chi connectivity index (χ1) is 17.6. The fraction of sp³-hybridized carbons (Fsp3) is 0.567. The minimum atomic E-state index is 0.141. The van der Waals surface area contributed by atoms with Crippen molar-refractivity contribution in [2.45, 2.75) is 75.8 Å². The largest absolute Gasteiger partial charge is 0.493 e. The molecule has 3 atom stereocenters. The number of ether oxygens (including phenoxy) is 2. The van der Waals surface area contributed by atoms with Gasteiger partial charge < -0.3 is 20.1 Å². The summed E-state index contributed by atoms with van der Waals surface area (Å²) in [6.45, 7) is 5.42. The molecule has 1 aliphatic heterocycles. The molecule has 0 bridgehead atoms. The van der Waals surface area contributed by atoms with Gasteiger partial charge in [-0.15, -0.1) is 0 Å². The van der Waals surface area contributed by atoms with E-state index in [4.69, 9.17) is 21.7 Å². The molecule has 1 heterocycles. The number of nitrogens with zero attached hydrogens (tertiary/aromatic N) is 1. The summed E-state index contributed by atoms with van der Waals surface area (Å²) in [7, 11) is 3.44. The lowest BCUT2D eigenvalue weighted by molar-refractivity contribution is 0.138. The third-order valence-corrected chi connectivity index (χ3v) is 8.50. The topological polar surface area (TPSA) is 45.8 Å². The first-order valence-electron chi connectivity index (χ1n) is 13.6. The van der Waals surface area contributed by atoms with Crippen molar-refractivity contribution in [2.75, 3.05) is 33.9 Å². The fourth-order valence-electron chi connectivity index (χ4n) is 6.27. The number of likely N-dealkylation sites (tertiary alicyclic amines) is 1. The van der Waals surface area contributed by atoms with Gasteiger partial charge in [0.1, 0.15) is 0 Å². The summed E-state index contributed by atoms with van der Waals surface area (Å²) in [6.07, 6.45) is 9.19. The van der Waals surface area contributed by atoms with Crippen molar-refractivity contribution in [3.05, 3.63) is 59.7 Å². The molecule has 2 fully saturated rings. The summed E-state index contributed by atoms with van der Waals surface area (Å²) in [6, 6.07) is 18.3. The van der Waals surface area contributed by atoms with E-state index in [1.54, 1.807) is 14.2 Å². The number of fused-ring (bicyclic) bond motifs is 1. The van der Waals surface area contributed by atoms with Crippen LogP contribution in [0.2, 0.25) is 0 Å². The molecular weight excluding hydrogens is 466 g/mol. The van der Waals surface area contributed by atoms with Crippen molar-refractivity contribution in [3.63, 3.8) is 0 Å². The van der Waals surface area contributed by atoms with Crippen LogP contribution < -0.4 is 20.1 Å². The van der Waals surface area contributed by atoms with Gasteiger partial charge in [-0.3, -0.25) is 4.90 Å². The van der Waals surface area contributed by atoms with E-state index in [9.17, 15) is 0 Å². The van der Waals surface area contributed by atoms with Crippen LogP contribution in [-0.2, 0) is 11.8 Å². The summed E-state index contributed by atoms with van der Waals surface area (Å²) in [5.41, 5.74) is 2.95. The minimum Gasteiger partial charge on any atom is -0.493 e. The van der Waals surface area contributed by atoms with Crippen LogP contribution in [0.25, 0.3) is 0 Å². The first-order valence-corrected chi connectivity index (χ1v) is 14.0. The molecule has 0 unspecified atom stereocenters. The Morgan fingerprint density at radius 3 is 2.61 bits per heavy atom. The molecule has 0 spiro atoms. The zero-order valence-electron chi connectivity index (χ0n) is 22.2. The lowest BCUT2D eigenvalue weighted by Gasteiger charge is -2.46. The summed E-state index contributed by atoms with van der Waals surface area (Å²) >= 11 is 5.64. The maximum Gasteiger partial charge on any atom is 0.166 e. The van der Waals surface area contributed by atoms with Crippen molar-refractivity contribution >= 4 is 17.3 Å². The Morgan fingerprint density at radius 2 is 1.86 bits per heavy atom. The number of rotatable bonds is 11. The Bertz CT molecular complexity index is 985. The minimum absolute atomic E-state index is 0.141. The number of thiocarbonyl (C=S) groups is 1. The summed E-state index contributed by atoms with van der Waals surface area (Å²) in [5.74, 6) is 1.62. The number of aryl methyl sites for hydroxylation is 1. The van der Waals surface area contributed by atoms with Crippen molar-refractivity contribution in [1.29, 1.82) is 0 Å². The van der Waals surface area contributed by atoms with Gasteiger partial charge in [0.2, 0.25) is 0 Å². The van der Waals surface area contributed by atoms with Gasteiger partial charge in [-0.05, 0) is 93.5 Å². The second-order valence-electron chi connectivity index (χ2n) is 10.3. The Hall–Kier alpha value is -2.31. The molecule has 0 aromatic heterocycles. The smallest absolute Gasteiger partial charge is 0.166 e. The van der Waals surface area contributed by atoms with E-state index in [-0.39, 0.29) is 5.41 Å². The third kappa shape index (κ3) is 6.15. The maximum absolute atomic E-state index is 5.70. The molecule has 0 amide bonds. The second kappa shape index (κ2) is 12.8. The molecule has 2 aliphatic rings. The van der Waals surface area contributed by atoms with Gasteiger partial charge in [0.05, 0.1) is 14.2 Å². The van der Waals surface area contributed by atoms with Crippen molar-refractivity contribution in [1.82, 2.24) is 15.5 Å². The fourth-order valence-corrected chi connectivity index (χ4v) is 6.54. The molecule has 36 heavy (non-hydrogen) atoms. The van der Waals surface area contributed by atoms with E-state index in [1.165, 1.54) is 30.4 Å². The zero-order chi connectivity index (χ0) is 25.4. The Balaban J connectivity index is 1.50. The van der Waals surface area contributed by atoms with Gasteiger partial charge in [-0.2, -0.15) is 0 Å². The number of hydrogen-bond donors (Lipinski definition) is 2. The number of benzene rings is 2. The van der Waals surface area contributed by atoms with Crippen LogP contribution in [0, 0.1) is 0 Å². The molecule has 1 aliphatic carbocycles. The molecule has 2 aromatic rings. The highest BCUT2D eigenvalue weighted by Crippen LogP contribution is 2.50. The second-order valence-corrected chi connectivity index (χ2v) is 10.8. The van der Waals surface area contributed by atoms with Crippen LogP contribution in [0.5, 0.6) is 11.5 Å². The van der Waals surface area contributed by atoms with E-state index in [0.29, 0.717) is 12.1 Å². The molecule has 2 N–H and O–H groups in total. The Labute approximate surface area is 222 Å². The van der Waals surface area contributed by atoms with Gasteiger partial charge in [0, 0.05) is 24.0 Å². The Morgan fingerprint density at radius 1 is 1.06 bits per heavy atom. The van der Waals surface area contributed by atoms with Crippen LogP contribution in [0.15, 0.2) is 48.5 Å². The summed E-state index contributed by atoms with van der Waals surface area (Å²) in [4.78, 5) is 2.75. The monoisotopic (exact) mass is 509 g/mol. The molecule has 5 nitrogen and oxygen atoms in total. The maximum atomic E-state index is 5.70. The normalized spacial score (nSPS) is 23.6. The lowest BCUT2D eigenvalue weighted by atomic mass is 9.65. The van der Waals surface area contributed by atoms with Crippen LogP contribution in [0.1, 0.15) is 63.0 Å². The van der Waals surface area contributed by atoms with Crippen molar-refractivity contribution < 1.29 is 9.47 Å². The predicted octanol–water partition coefficient (Wildman–Crippen LogP) is 5.47. The van der Waals surface area contributed by atoms with E-state index in [1.807, 2.05) is 0 Å². The average Bonchev–Trinajstić information content (AvgIpc) is 3.28. The molecule has 1 saturated carbocycles. The van der Waals surface area contributed by atoms with Gasteiger partial charge in [-0.25, -0.2) is 0 Å². The standard InChI is InChI=1S/C30H43N3O2S/c1-4-5-18-31-29(36)32-25-15-16-30(24-13-14-26(34-2)27(21-24)35-3)17-20-33(28(30)22-25)19-9-12-23-10-7-6-8-11-23/h6-8,10-11,13-14,21,25,28H,4-5,9,12,15-20,22H2,1-3H3,(H2,31,32,36)/t25-,28+,30+/m1/s1. The Kier molecular flexibility index (Phi) is 9.49. The molecule has 6 heteroatoms. The number of hydrogen-bond acceptors (Lipinski definition) is 4. The van der Waals surface area contributed by atoms with Gasteiger partial charge in [-0.1, -0.05) is 49.7 Å². The highest BCUT2D eigenvalue weighted by molar-refractivity contribution is 7.80. The predicted molar refractivity (Wildman–Crippen MR) is 152 cm³/mol. The van der Waals surface area contributed by atoms with E-state index in [0.717, 1.165) is 68.3 Å². The number of unbranched alkanes of at least 4 members (excludes halogenated alkanes) is 1. The molecule has 0 radical (unpaired) electrons. The van der Waals surface area contributed by atoms with Gasteiger partial charge in [0.15, 0.2) is 16.6 Å². The van der Waals surface area contributed by atoms with Crippen molar-refractivity contribution in [2.24, 2.45) is 0 Å². The molecular formula is C30H43N3O2S. The zero-order valence-corrected chi connectivity index (χ0v) is 23.0. The van der Waals surface area contributed by atoms with Gasteiger partial charge in [0.25, 0.3) is 0 Å². The van der Waals surface area contributed by atoms with Crippen molar-refractivity contribution in [3.8, 4) is 11.5 Å². The number of nitrogens with one attached hydrogen (secondary N) is 2. The molecule has 2 aromatic carbocycles. The molecule has 1 saturated heterocycles. The first kappa shape index (κ1) is 26.7.